The van der Waals surface area contributed by atoms with Gasteiger partial charge in [0, 0.05) is 14.1 Å². The lowest BCUT2D eigenvalue weighted by Gasteiger charge is -2.07. The maximum atomic E-state index is 12.4. The largest absolute Gasteiger partial charge is 0.443 e. The molecule has 0 radical (unpaired) electrons. The van der Waals surface area contributed by atoms with Gasteiger partial charge in [0.15, 0.2) is 11.2 Å². The van der Waals surface area contributed by atoms with Crippen molar-refractivity contribution < 1.29 is 9.21 Å². The average molecular weight is 400 g/mol. The number of carbonyl (C=O) groups is 1. The van der Waals surface area contributed by atoms with Crippen LogP contribution in [0.5, 0.6) is 0 Å². The zero-order valence-corrected chi connectivity index (χ0v) is 15.9. The Morgan fingerprint density at radius 1 is 1.29 bits per heavy atom. The van der Waals surface area contributed by atoms with Crippen molar-refractivity contribution in [2.24, 2.45) is 14.1 Å². The van der Waals surface area contributed by atoms with Crippen LogP contribution in [0.1, 0.15) is 5.69 Å². The molecule has 0 aliphatic rings. The highest BCUT2D eigenvalue weighted by molar-refractivity contribution is 7.13. The van der Waals surface area contributed by atoms with E-state index < -0.39 is 11.2 Å². The van der Waals surface area contributed by atoms with Crippen molar-refractivity contribution in [1.29, 1.82) is 0 Å². The van der Waals surface area contributed by atoms with Crippen molar-refractivity contribution in [3.05, 3.63) is 56.6 Å². The number of hydrogen-bond donors (Lipinski definition) is 1. The normalized spacial score (nSPS) is 11.2. The monoisotopic (exact) mass is 400 g/mol. The minimum Gasteiger partial charge on any atom is -0.443 e. The Bertz CT molecular complexity index is 1280. The maximum Gasteiger partial charge on any atom is 0.332 e. The van der Waals surface area contributed by atoms with Crippen LogP contribution in [0.15, 0.2) is 44.1 Å². The summed E-state index contributed by atoms with van der Waals surface area (Å²) in [5, 5.41) is 4.66. The predicted molar refractivity (Wildman–Crippen MR) is 102 cm³/mol. The third kappa shape index (κ3) is 3.05. The molecule has 4 aromatic heterocycles. The van der Waals surface area contributed by atoms with E-state index in [1.54, 1.807) is 0 Å². The zero-order valence-electron chi connectivity index (χ0n) is 15.1. The molecule has 0 aliphatic carbocycles. The lowest BCUT2D eigenvalue weighted by Crippen LogP contribution is -2.38. The summed E-state index contributed by atoms with van der Waals surface area (Å²) in [4.78, 5) is 46.0. The van der Waals surface area contributed by atoms with Crippen LogP contribution < -0.4 is 16.6 Å². The Balaban J connectivity index is 1.49. The number of imidazole rings is 1. The van der Waals surface area contributed by atoms with E-state index >= 15 is 0 Å². The first-order valence-electron chi connectivity index (χ1n) is 8.31. The van der Waals surface area contributed by atoms with E-state index in [0.717, 1.165) is 9.44 Å². The van der Waals surface area contributed by atoms with Gasteiger partial charge in [-0.3, -0.25) is 18.7 Å². The van der Waals surface area contributed by atoms with Gasteiger partial charge in [0.1, 0.15) is 12.8 Å². The van der Waals surface area contributed by atoms with Gasteiger partial charge in [-0.1, -0.05) is 6.07 Å². The summed E-state index contributed by atoms with van der Waals surface area (Å²) < 4.78 is 9.09. The molecule has 144 valence electrons. The highest BCUT2D eigenvalue weighted by Crippen LogP contribution is 2.23. The Hall–Kier alpha value is -3.47. The van der Waals surface area contributed by atoms with Gasteiger partial charge in [0.05, 0.1) is 23.4 Å². The number of aromatic nitrogens is 5. The molecule has 10 nitrogen and oxygen atoms in total. The van der Waals surface area contributed by atoms with Gasteiger partial charge in [-0.25, -0.2) is 14.8 Å². The third-order valence-electron chi connectivity index (χ3n) is 4.28. The van der Waals surface area contributed by atoms with Gasteiger partial charge in [-0.2, -0.15) is 0 Å². The number of amides is 1. The van der Waals surface area contributed by atoms with E-state index in [1.807, 2.05) is 17.5 Å². The molecule has 0 aromatic carbocycles. The number of fused-ring (bicyclic) bond motifs is 1. The van der Waals surface area contributed by atoms with Crippen molar-refractivity contribution >= 4 is 28.4 Å². The second kappa shape index (κ2) is 6.93. The summed E-state index contributed by atoms with van der Waals surface area (Å²) in [6.45, 7) is 0.0798. The summed E-state index contributed by atoms with van der Waals surface area (Å²) in [7, 11) is 2.91. The van der Waals surface area contributed by atoms with Crippen LogP contribution in [-0.4, -0.2) is 29.6 Å². The highest BCUT2D eigenvalue weighted by atomic mass is 32.1. The molecule has 0 bridgehead atoms. The van der Waals surface area contributed by atoms with E-state index in [1.165, 1.54) is 47.2 Å². The minimum absolute atomic E-state index is 0.112. The number of carbonyl (C=O) groups excluding carboxylic acids is 1. The number of nitrogens with zero attached hydrogens (tertiary/aromatic N) is 5. The molecule has 1 N–H and O–H groups in total. The van der Waals surface area contributed by atoms with Crippen LogP contribution in [0.3, 0.4) is 0 Å². The number of thiophene rings is 1. The second-order valence-corrected chi connectivity index (χ2v) is 7.10. The van der Waals surface area contributed by atoms with Gasteiger partial charge in [-0.15, -0.1) is 11.3 Å². The molecular weight excluding hydrogens is 384 g/mol. The van der Waals surface area contributed by atoms with Gasteiger partial charge < -0.3 is 14.3 Å². The molecule has 0 fully saturated rings. The van der Waals surface area contributed by atoms with E-state index in [9.17, 15) is 14.4 Å². The average Bonchev–Trinajstić information content (AvgIpc) is 3.43. The van der Waals surface area contributed by atoms with Crippen LogP contribution in [0.2, 0.25) is 0 Å². The van der Waals surface area contributed by atoms with Crippen LogP contribution in [0.4, 0.5) is 0 Å². The van der Waals surface area contributed by atoms with Crippen molar-refractivity contribution in [3.63, 3.8) is 0 Å². The molecule has 11 heteroatoms. The molecule has 0 spiro atoms. The number of nitrogens with one attached hydrogen (secondary N) is 1. The fourth-order valence-corrected chi connectivity index (χ4v) is 3.47. The standard InChI is InChI=1S/C17H16N6O4S/c1-21-14-13(16(25)22(2)17(21)26)23(9-19-14)7-12(24)18-6-10-8-27-15(20-10)11-4-3-5-28-11/h3-5,8-9H,6-7H2,1-2H3,(H,18,24). The molecule has 4 aromatic rings. The number of rotatable bonds is 5. The molecule has 0 unspecified atom stereocenters. The number of hydrogen-bond acceptors (Lipinski definition) is 7. The lowest BCUT2D eigenvalue weighted by molar-refractivity contribution is -0.121. The molecule has 28 heavy (non-hydrogen) atoms. The molecule has 0 saturated carbocycles. The van der Waals surface area contributed by atoms with Crippen LogP contribution in [0.25, 0.3) is 21.9 Å². The molecule has 0 aliphatic heterocycles. The molecule has 0 saturated heterocycles. The Labute approximate surface area is 161 Å². The molecule has 4 rings (SSSR count). The predicted octanol–water partition coefficient (Wildman–Crippen LogP) is 0.467. The first-order valence-corrected chi connectivity index (χ1v) is 9.19. The number of oxazole rings is 1. The quantitative estimate of drug-likeness (QED) is 0.520. The summed E-state index contributed by atoms with van der Waals surface area (Å²) >= 11 is 1.51. The van der Waals surface area contributed by atoms with Crippen molar-refractivity contribution in [1.82, 2.24) is 29.0 Å². The molecular formula is C17H16N6O4S. The third-order valence-corrected chi connectivity index (χ3v) is 5.14. The molecule has 4 heterocycles. The van der Waals surface area contributed by atoms with Crippen molar-refractivity contribution in [3.8, 4) is 10.8 Å². The summed E-state index contributed by atoms with van der Waals surface area (Å²) in [6.07, 6.45) is 2.86. The summed E-state index contributed by atoms with van der Waals surface area (Å²) in [5.41, 5.74) is 0.0463. The maximum absolute atomic E-state index is 12.4. The summed E-state index contributed by atoms with van der Waals surface area (Å²) in [6, 6.07) is 3.80. The van der Waals surface area contributed by atoms with Crippen LogP contribution in [0, 0.1) is 0 Å². The Kier molecular flexibility index (Phi) is 4.43. The van der Waals surface area contributed by atoms with Gasteiger partial charge >= 0.3 is 5.69 Å². The SMILES string of the molecule is Cn1c(=O)c2c(ncn2CC(=O)NCc2coc(-c3cccs3)n2)n(C)c1=O. The van der Waals surface area contributed by atoms with Gasteiger partial charge in [0.2, 0.25) is 11.8 Å². The van der Waals surface area contributed by atoms with Crippen molar-refractivity contribution in [2.75, 3.05) is 0 Å². The minimum atomic E-state index is -0.500. The first-order chi connectivity index (χ1) is 13.5. The second-order valence-electron chi connectivity index (χ2n) is 6.15. The fraction of sp³-hybridized carbons (Fsp3) is 0.235. The Morgan fingerprint density at radius 3 is 2.86 bits per heavy atom. The van der Waals surface area contributed by atoms with E-state index in [2.05, 4.69) is 15.3 Å². The topological polar surface area (TPSA) is 117 Å². The Morgan fingerprint density at radius 2 is 2.11 bits per heavy atom. The van der Waals surface area contributed by atoms with Gasteiger partial charge in [0.25, 0.3) is 5.56 Å². The van der Waals surface area contributed by atoms with E-state index in [4.69, 9.17) is 4.42 Å². The van der Waals surface area contributed by atoms with E-state index in [0.29, 0.717) is 11.6 Å². The van der Waals surface area contributed by atoms with E-state index in [-0.39, 0.29) is 30.2 Å². The van der Waals surface area contributed by atoms with Crippen molar-refractivity contribution in [2.45, 2.75) is 13.1 Å². The van der Waals surface area contributed by atoms with Crippen LogP contribution in [-0.2, 0) is 32.0 Å². The summed E-state index contributed by atoms with van der Waals surface area (Å²) in [5.74, 6) is 0.181. The number of aryl methyl sites for hydroxylation is 1. The first kappa shape index (κ1) is 17.9. The molecule has 1 amide bonds. The van der Waals surface area contributed by atoms with Gasteiger partial charge in [-0.05, 0) is 11.4 Å². The molecule has 0 atom stereocenters. The lowest BCUT2D eigenvalue weighted by atomic mass is 10.4. The zero-order chi connectivity index (χ0) is 19.8. The smallest absolute Gasteiger partial charge is 0.332 e. The fourth-order valence-electron chi connectivity index (χ4n) is 2.82. The highest BCUT2D eigenvalue weighted by Gasteiger charge is 2.16. The van der Waals surface area contributed by atoms with Crippen LogP contribution >= 0.6 is 11.3 Å².